The Labute approximate surface area is 162 Å². The van der Waals surface area contributed by atoms with Crippen LogP contribution in [0, 0.1) is 0 Å². The molecule has 1 N–H and O–H groups in total. The van der Waals surface area contributed by atoms with E-state index in [0.717, 1.165) is 11.3 Å². The van der Waals surface area contributed by atoms with E-state index in [9.17, 15) is 9.59 Å². The number of thioether (sulfide) groups is 1. The van der Waals surface area contributed by atoms with Crippen LogP contribution in [0.1, 0.15) is 22.3 Å². The van der Waals surface area contributed by atoms with Crippen molar-refractivity contribution in [2.75, 3.05) is 19.0 Å². The summed E-state index contributed by atoms with van der Waals surface area (Å²) in [5.41, 5.74) is 2.62. The van der Waals surface area contributed by atoms with E-state index in [4.69, 9.17) is 0 Å². The van der Waals surface area contributed by atoms with Crippen LogP contribution in [-0.4, -0.2) is 42.4 Å². The molecule has 27 heavy (non-hydrogen) atoms. The number of hydrogen-bond acceptors (Lipinski definition) is 6. The van der Waals surface area contributed by atoms with E-state index < -0.39 is 5.25 Å². The molecular weight excluding hydrogens is 360 g/mol. The summed E-state index contributed by atoms with van der Waals surface area (Å²) >= 11 is 1.23. The molecular formula is C20H20N4O2S. The number of carbonyl (C=O) groups excluding carboxylic acids is 2. The number of amides is 1. The summed E-state index contributed by atoms with van der Waals surface area (Å²) in [6.07, 6.45) is 1.76. The molecule has 0 spiro atoms. The molecule has 2 aromatic carbocycles. The van der Waals surface area contributed by atoms with Crippen LogP contribution >= 0.6 is 11.8 Å². The van der Waals surface area contributed by atoms with Gasteiger partial charge in [0, 0.05) is 31.8 Å². The molecule has 1 aliphatic heterocycles. The number of benzene rings is 2. The molecule has 2 aromatic rings. The summed E-state index contributed by atoms with van der Waals surface area (Å²) in [6.45, 7) is 0. The second-order valence-electron chi connectivity index (χ2n) is 6.22. The fraction of sp³-hybridized carbons (Fsp3) is 0.200. The highest BCUT2D eigenvalue weighted by Crippen LogP contribution is 2.24. The van der Waals surface area contributed by atoms with Gasteiger partial charge >= 0.3 is 0 Å². The maximum atomic E-state index is 12.3. The number of Topliss-reactive ketones (excluding diaryl/α,β-unsaturated/α-hetero) is 1. The number of anilines is 1. The van der Waals surface area contributed by atoms with Crippen molar-refractivity contribution in [3.8, 4) is 0 Å². The molecule has 1 saturated heterocycles. The SMILES string of the molecule is CN(C)c1ccc(/C=N\N=C2\NC(=O)[C@H](CC(=O)c3ccccc3)S2)cc1. The summed E-state index contributed by atoms with van der Waals surface area (Å²) in [5, 5.41) is 10.7. The Morgan fingerprint density at radius 3 is 2.52 bits per heavy atom. The normalized spacial score (nSPS) is 18.1. The third-order valence-electron chi connectivity index (χ3n) is 4.01. The Kier molecular flexibility index (Phi) is 6.03. The van der Waals surface area contributed by atoms with Crippen LogP contribution in [0.2, 0.25) is 0 Å². The van der Waals surface area contributed by atoms with E-state index in [1.54, 1.807) is 18.3 Å². The summed E-state index contributed by atoms with van der Waals surface area (Å²) < 4.78 is 0. The van der Waals surface area contributed by atoms with Crippen LogP contribution in [0.5, 0.6) is 0 Å². The van der Waals surface area contributed by atoms with Gasteiger partial charge in [0.1, 0.15) is 0 Å². The van der Waals surface area contributed by atoms with Gasteiger partial charge < -0.3 is 10.2 Å². The molecule has 6 nitrogen and oxygen atoms in total. The largest absolute Gasteiger partial charge is 0.378 e. The number of carbonyl (C=O) groups is 2. The molecule has 138 valence electrons. The highest BCUT2D eigenvalue weighted by Gasteiger charge is 2.32. The molecule has 0 radical (unpaired) electrons. The second kappa shape index (κ2) is 8.64. The van der Waals surface area contributed by atoms with E-state index in [-0.39, 0.29) is 18.1 Å². The van der Waals surface area contributed by atoms with E-state index in [2.05, 4.69) is 15.5 Å². The Balaban J connectivity index is 1.58. The molecule has 0 saturated carbocycles. The van der Waals surface area contributed by atoms with Crippen LogP contribution in [0.4, 0.5) is 5.69 Å². The first-order valence-electron chi connectivity index (χ1n) is 8.47. The molecule has 1 amide bonds. The monoisotopic (exact) mass is 380 g/mol. The van der Waals surface area contributed by atoms with Gasteiger partial charge in [-0.1, -0.05) is 54.2 Å². The third-order valence-corrected chi connectivity index (χ3v) is 5.08. The molecule has 1 atom stereocenters. The molecule has 3 rings (SSSR count). The van der Waals surface area contributed by atoms with Gasteiger partial charge in [0.05, 0.1) is 11.5 Å². The first-order valence-corrected chi connectivity index (χ1v) is 9.35. The van der Waals surface area contributed by atoms with E-state index in [1.807, 2.05) is 61.5 Å². The van der Waals surface area contributed by atoms with Crippen molar-refractivity contribution in [3.05, 3.63) is 65.7 Å². The number of amidine groups is 1. The minimum atomic E-state index is -0.481. The fourth-order valence-corrected chi connectivity index (χ4v) is 3.43. The Hall–Kier alpha value is -2.93. The van der Waals surface area contributed by atoms with Crippen LogP contribution in [0.25, 0.3) is 0 Å². The quantitative estimate of drug-likeness (QED) is 0.475. The summed E-state index contributed by atoms with van der Waals surface area (Å²) in [7, 11) is 3.96. The van der Waals surface area contributed by atoms with Crippen molar-refractivity contribution in [1.82, 2.24) is 5.32 Å². The first-order chi connectivity index (χ1) is 13.0. The molecule has 1 fully saturated rings. The zero-order valence-corrected chi connectivity index (χ0v) is 15.9. The lowest BCUT2D eigenvalue weighted by Gasteiger charge is -2.11. The van der Waals surface area contributed by atoms with Gasteiger partial charge in [0.2, 0.25) is 5.91 Å². The first kappa shape index (κ1) is 18.8. The molecule has 1 aliphatic rings. The van der Waals surface area contributed by atoms with E-state index in [0.29, 0.717) is 10.7 Å². The molecule has 0 unspecified atom stereocenters. The lowest BCUT2D eigenvalue weighted by molar-refractivity contribution is -0.118. The van der Waals surface area contributed by atoms with Gasteiger partial charge in [0.25, 0.3) is 0 Å². The van der Waals surface area contributed by atoms with Gasteiger partial charge in [-0.2, -0.15) is 5.10 Å². The van der Waals surface area contributed by atoms with Gasteiger partial charge in [-0.3, -0.25) is 9.59 Å². The van der Waals surface area contributed by atoms with Crippen molar-refractivity contribution in [1.29, 1.82) is 0 Å². The average Bonchev–Trinajstić information content (AvgIpc) is 3.02. The maximum Gasteiger partial charge on any atom is 0.240 e. The molecule has 0 aromatic heterocycles. The lowest BCUT2D eigenvalue weighted by atomic mass is 10.1. The third kappa shape index (κ3) is 5.04. The molecule has 0 aliphatic carbocycles. The van der Waals surface area contributed by atoms with Crippen molar-refractivity contribution in [2.45, 2.75) is 11.7 Å². The highest BCUT2D eigenvalue weighted by atomic mass is 32.2. The zero-order chi connectivity index (χ0) is 19.2. The molecule has 1 heterocycles. The van der Waals surface area contributed by atoms with Crippen LogP contribution in [-0.2, 0) is 4.79 Å². The van der Waals surface area contributed by atoms with Crippen molar-refractivity contribution in [2.24, 2.45) is 10.2 Å². The van der Waals surface area contributed by atoms with Gasteiger partial charge in [-0.05, 0) is 17.7 Å². The van der Waals surface area contributed by atoms with Crippen LogP contribution in [0.3, 0.4) is 0 Å². The van der Waals surface area contributed by atoms with Crippen LogP contribution < -0.4 is 10.2 Å². The predicted octanol–water partition coefficient (Wildman–Crippen LogP) is 2.95. The van der Waals surface area contributed by atoms with Gasteiger partial charge in [-0.25, -0.2) is 0 Å². The van der Waals surface area contributed by atoms with E-state index in [1.165, 1.54) is 11.8 Å². The number of nitrogens with one attached hydrogen (secondary N) is 1. The second-order valence-corrected chi connectivity index (χ2v) is 7.42. The highest BCUT2D eigenvalue weighted by molar-refractivity contribution is 8.15. The Morgan fingerprint density at radius 1 is 1.15 bits per heavy atom. The molecule has 0 bridgehead atoms. The number of hydrogen-bond donors (Lipinski definition) is 1. The average molecular weight is 380 g/mol. The predicted molar refractivity (Wildman–Crippen MR) is 111 cm³/mol. The fourth-order valence-electron chi connectivity index (χ4n) is 2.50. The number of rotatable bonds is 6. The lowest BCUT2D eigenvalue weighted by Crippen LogP contribution is -2.26. The van der Waals surface area contributed by atoms with E-state index >= 15 is 0 Å². The van der Waals surface area contributed by atoms with Crippen molar-refractivity contribution >= 4 is 40.5 Å². The summed E-state index contributed by atoms with van der Waals surface area (Å²) in [4.78, 5) is 26.3. The van der Waals surface area contributed by atoms with Crippen LogP contribution in [0.15, 0.2) is 64.8 Å². The number of nitrogens with zero attached hydrogens (tertiary/aromatic N) is 3. The van der Waals surface area contributed by atoms with Gasteiger partial charge in [-0.15, -0.1) is 5.10 Å². The number of ketones is 1. The summed E-state index contributed by atoms with van der Waals surface area (Å²) in [6, 6.07) is 16.8. The smallest absolute Gasteiger partial charge is 0.240 e. The standard InChI is InChI=1S/C20H20N4O2S/c1-24(2)16-10-8-14(9-11-16)13-21-23-20-22-19(26)18(27-20)12-17(25)15-6-4-3-5-7-15/h3-11,13,18H,12H2,1-2H3,(H,22,23,26)/b21-13-/t18-/m0/s1. The molecule has 7 heteroatoms. The minimum absolute atomic E-state index is 0.0611. The van der Waals surface area contributed by atoms with Crippen molar-refractivity contribution in [3.63, 3.8) is 0 Å². The minimum Gasteiger partial charge on any atom is -0.378 e. The van der Waals surface area contributed by atoms with Crippen molar-refractivity contribution < 1.29 is 9.59 Å². The topological polar surface area (TPSA) is 74.1 Å². The Bertz CT molecular complexity index is 877. The Morgan fingerprint density at radius 2 is 1.85 bits per heavy atom. The summed E-state index contributed by atoms with van der Waals surface area (Å²) in [5.74, 6) is -0.275. The maximum absolute atomic E-state index is 12.3. The van der Waals surface area contributed by atoms with Gasteiger partial charge in [0.15, 0.2) is 11.0 Å². The zero-order valence-electron chi connectivity index (χ0n) is 15.1.